The Labute approximate surface area is 165 Å². The first kappa shape index (κ1) is 20.0. The highest BCUT2D eigenvalue weighted by Gasteiger charge is 2.19. The minimum Gasteiger partial charge on any atom is -0.322 e. The fourth-order valence-electron chi connectivity index (χ4n) is 3.11. The van der Waals surface area contributed by atoms with Gasteiger partial charge in [-0.1, -0.05) is 25.1 Å². The van der Waals surface area contributed by atoms with Crippen LogP contribution >= 0.6 is 0 Å². The molecule has 0 atom stereocenters. The summed E-state index contributed by atoms with van der Waals surface area (Å²) in [6.07, 6.45) is 0.730. The molecule has 3 rings (SSSR count). The first-order chi connectivity index (χ1) is 13.3. The highest BCUT2D eigenvalue weighted by Crippen LogP contribution is 2.25. The van der Waals surface area contributed by atoms with Gasteiger partial charge in [-0.15, -0.1) is 0 Å². The van der Waals surface area contributed by atoms with Gasteiger partial charge in [0.2, 0.25) is 10.0 Å². The summed E-state index contributed by atoms with van der Waals surface area (Å²) in [4.78, 5) is 17.9. The van der Waals surface area contributed by atoms with E-state index in [4.69, 9.17) is 0 Å². The van der Waals surface area contributed by atoms with Crippen molar-refractivity contribution in [1.82, 2.24) is 9.29 Å². The Morgan fingerprint density at radius 1 is 1.07 bits per heavy atom. The third kappa shape index (κ3) is 3.63. The number of sulfonamides is 1. The van der Waals surface area contributed by atoms with Gasteiger partial charge in [0.25, 0.3) is 5.91 Å². The van der Waals surface area contributed by atoms with Crippen LogP contribution in [-0.4, -0.2) is 37.7 Å². The summed E-state index contributed by atoms with van der Waals surface area (Å²) in [5.41, 5.74) is 3.64. The summed E-state index contributed by atoms with van der Waals surface area (Å²) < 4.78 is 25.5. The first-order valence-corrected chi connectivity index (χ1v) is 10.4. The molecule has 146 valence electrons. The molecule has 0 unspecified atom stereocenters. The van der Waals surface area contributed by atoms with E-state index in [2.05, 4.69) is 10.3 Å². The number of aromatic nitrogens is 1. The minimum absolute atomic E-state index is 0.175. The number of nitrogens with one attached hydrogen (secondary N) is 1. The van der Waals surface area contributed by atoms with E-state index in [-0.39, 0.29) is 10.8 Å². The highest BCUT2D eigenvalue weighted by atomic mass is 32.2. The summed E-state index contributed by atoms with van der Waals surface area (Å²) in [6, 6.07) is 13.7. The lowest BCUT2D eigenvalue weighted by Gasteiger charge is -2.15. The topological polar surface area (TPSA) is 79.4 Å². The second-order valence-corrected chi connectivity index (χ2v) is 8.85. The average molecular weight is 398 g/mol. The van der Waals surface area contributed by atoms with Gasteiger partial charge in [-0.3, -0.25) is 9.78 Å². The number of amides is 1. The summed E-state index contributed by atoms with van der Waals surface area (Å²) in [5.74, 6) is -0.242. The third-order valence-electron chi connectivity index (χ3n) is 4.69. The maximum atomic E-state index is 13.0. The van der Waals surface area contributed by atoms with Gasteiger partial charge >= 0.3 is 0 Å². The number of hydrogen-bond acceptors (Lipinski definition) is 4. The van der Waals surface area contributed by atoms with Crippen molar-refractivity contribution in [1.29, 1.82) is 0 Å². The highest BCUT2D eigenvalue weighted by molar-refractivity contribution is 7.89. The number of nitrogens with zero attached hydrogens (tertiary/aromatic N) is 2. The van der Waals surface area contributed by atoms with Crippen LogP contribution in [0.4, 0.5) is 5.69 Å². The van der Waals surface area contributed by atoms with Crippen LogP contribution in [-0.2, 0) is 16.4 Å². The Hall–Kier alpha value is -2.77. The molecule has 1 N–H and O–H groups in total. The lowest BCUT2D eigenvalue weighted by atomic mass is 9.99. The lowest BCUT2D eigenvalue weighted by molar-refractivity contribution is 0.102. The van der Waals surface area contributed by atoms with Crippen molar-refractivity contribution in [2.24, 2.45) is 0 Å². The van der Waals surface area contributed by atoms with Crippen molar-refractivity contribution in [3.8, 4) is 0 Å². The summed E-state index contributed by atoms with van der Waals surface area (Å²) in [7, 11) is -0.547. The van der Waals surface area contributed by atoms with Gasteiger partial charge in [0.15, 0.2) is 0 Å². The van der Waals surface area contributed by atoms with E-state index in [1.165, 1.54) is 26.2 Å². The second-order valence-electron chi connectivity index (χ2n) is 6.70. The van der Waals surface area contributed by atoms with Crippen LogP contribution in [0.3, 0.4) is 0 Å². The molecule has 0 bridgehead atoms. The molecule has 0 fully saturated rings. The van der Waals surface area contributed by atoms with Gasteiger partial charge < -0.3 is 5.32 Å². The number of anilines is 1. The zero-order valence-corrected chi connectivity index (χ0v) is 17.2. The van der Waals surface area contributed by atoms with E-state index in [1.54, 1.807) is 12.1 Å². The molecule has 3 aromatic rings. The molecular formula is C21H23N3O3S. The van der Waals surface area contributed by atoms with Gasteiger partial charge in [-0.25, -0.2) is 12.7 Å². The van der Waals surface area contributed by atoms with Crippen LogP contribution in [0.15, 0.2) is 53.4 Å². The fraction of sp³-hybridized carbons (Fsp3) is 0.238. The maximum Gasteiger partial charge on any atom is 0.256 e. The Balaban J connectivity index is 1.97. The van der Waals surface area contributed by atoms with Crippen LogP contribution < -0.4 is 5.32 Å². The monoisotopic (exact) mass is 397 g/mol. The molecule has 1 amide bonds. The Bertz CT molecular complexity index is 1140. The number of benzene rings is 2. The molecular weight excluding hydrogens is 374 g/mol. The van der Waals surface area contributed by atoms with Crippen LogP contribution in [0.2, 0.25) is 0 Å². The fourth-order valence-corrected chi connectivity index (χ4v) is 4.01. The van der Waals surface area contributed by atoms with Crippen molar-refractivity contribution >= 4 is 32.5 Å². The SMILES string of the molecule is CCc1nc2ccccc2c(C(=O)Nc2ccc(S(=O)(=O)N(C)C)cc2)c1C. The number of hydrogen-bond donors (Lipinski definition) is 1. The van der Waals surface area contributed by atoms with Crippen molar-refractivity contribution < 1.29 is 13.2 Å². The molecule has 0 saturated carbocycles. The van der Waals surface area contributed by atoms with E-state index >= 15 is 0 Å². The van der Waals surface area contributed by atoms with Crippen molar-refractivity contribution in [3.05, 3.63) is 65.4 Å². The maximum absolute atomic E-state index is 13.0. The molecule has 7 heteroatoms. The zero-order valence-electron chi connectivity index (χ0n) is 16.4. The van der Waals surface area contributed by atoms with Gasteiger partial charge in [0.1, 0.15) is 0 Å². The smallest absolute Gasteiger partial charge is 0.256 e. The summed E-state index contributed by atoms with van der Waals surface area (Å²) in [6.45, 7) is 3.91. The van der Waals surface area contributed by atoms with Gasteiger partial charge in [-0.2, -0.15) is 0 Å². The zero-order chi connectivity index (χ0) is 20.5. The number of carbonyl (C=O) groups excluding carboxylic acids is 1. The quantitative estimate of drug-likeness (QED) is 0.713. The molecule has 6 nitrogen and oxygen atoms in total. The molecule has 0 radical (unpaired) electrons. The van der Waals surface area contributed by atoms with Crippen LogP contribution in [0.5, 0.6) is 0 Å². The number of rotatable bonds is 5. The van der Waals surface area contributed by atoms with E-state index in [9.17, 15) is 13.2 Å². The molecule has 1 aromatic heterocycles. The number of fused-ring (bicyclic) bond motifs is 1. The van der Waals surface area contributed by atoms with Crippen molar-refractivity contribution in [3.63, 3.8) is 0 Å². The summed E-state index contributed by atoms with van der Waals surface area (Å²) >= 11 is 0. The Morgan fingerprint density at radius 2 is 1.71 bits per heavy atom. The molecule has 2 aromatic carbocycles. The molecule has 1 heterocycles. The largest absolute Gasteiger partial charge is 0.322 e. The molecule has 0 spiro atoms. The van der Waals surface area contributed by atoms with E-state index < -0.39 is 10.0 Å². The van der Waals surface area contributed by atoms with Crippen LogP contribution in [0.1, 0.15) is 28.5 Å². The van der Waals surface area contributed by atoms with Crippen LogP contribution in [0, 0.1) is 6.92 Å². The van der Waals surface area contributed by atoms with Crippen LogP contribution in [0.25, 0.3) is 10.9 Å². The summed E-state index contributed by atoms with van der Waals surface area (Å²) in [5, 5.41) is 3.67. The average Bonchev–Trinajstić information content (AvgIpc) is 2.67. The second kappa shape index (κ2) is 7.69. The number of aryl methyl sites for hydroxylation is 1. The Morgan fingerprint density at radius 3 is 2.32 bits per heavy atom. The molecule has 0 aliphatic heterocycles. The van der Waals surface area contributed by atoms with Gasteiger partial charge in [0, 0.05) is 30.9 Å². The number of carbonyl (C=O) groups is 1. The lowest BCUT2D eigenvalue weighted by Crippen LogP contribution is -2.22. The van der Waals surface area contributed by atoms with E-state index in [0.717, 1.165) is 32.9 Å². The van der Waals surface area contributed by atoms with E-state index in [0.29, 0.717) is 11.3 Å². The number of pyridine rings is 1. The van der Waals surface area contributed by atoms with Crippen molar-refractivity contribution in [2.45, 2.75) is 25.2 Å². The predicted molar refractivity (Wildman–Crippen MR) is 111 cm³/mol. The molecule has 28 heavy (non-hydrogen) atoms. The van der Waals surface area contributed by atoms with Gasteiger partial charge in [-0.05, 0) is 49.2 Å². The first-order valence-electron chi connectivity index (χ1n) is 8.98. The van der Waals surface area contributed by atoms with E-state index in [1.807, 2.05) is 38.1 Å². The number of para-hydroxylation sites is 1. The third-order valence-corrected chi connectivity index (χ3v) is 6.52. The van der Waals surface area contributed by atoms with Crippen molar-refractivity contribution in [2.75, 3.05) is 19.4 Å². The Kier molecular flexibility index (Phi) is 5.49. The molecule has 0 aliphatic rings. The normalized spacial score (nSPS) is 11.8. The predicted octanol–water partition coefficient (Wildman–Crippen LogP) is 3.61. The van der Waals surface area contributed by atoms with Gasteiger partial charge in [0.05, 0.1) is 16.0 Å². The minimum atomic E-state index is -3.51. The molecule has 0 saturated heterocycles. The molecule has 0 aliphatic carbocycles. The standard InChI is InChI=1S/C21H23N3O3S/c1-5-18-14(2)20(17-8-6-7-9-19(17)23-18)21(25)22-15-10-12-16(13-11-15)28(26,27)24(3)4/h6-13H,5H2,1-4H3,(H,22,25).